The smallest absolute Gasteiger partial charge is 0.472 e. The third kappa shape index (κ3) is 3.34. The molecule has 1 aromatic heterocycles. The molecule has 94 valence electrons. The van der Waals surface area contributed by atoms with Gasteiger partial charge in [0, 0.05) is 18.9 Å². The molecule has 2 N–H and O–H groups in total. The van der Waals surface area contributed by atoms with Gasteiger partial charge in [0.1, 0.15) is 5.75 Å². The zero-order valence-corrected chi connectivity index (χ0v) is 10.2. The van der Waals surface area contributed by atoms with Gasteiger partial charge >= 0.3 is 7.82 Å². The highest BCUT2D eigenvalue weighted by molar-refractivity contribution is 7.47. The summed E-state index contributed by atoms with van der Waals surface area (Å²) in [5, 5.41) is 9.55. The van der Waals surface area contributed by atoms with E-state index in [0.29, 0.717) is 6.29 Å². The van der Waals surface area contributed by atoms with Crippen molar-refractivity contribution in [3.8, 4) is 5.75 Å². The summed E-state index contributed by atoms with van der Waals surface area (Å²) >= 11 is 0. The number of hydrogen-bond donors (Lipinski definition) is 2. The van der Waals surface area contributed by atoms with Crippen LogP contribution in [0.25, 0.3) is 0 Å². The molecule has 0 aliphatic rings. The number of nitrogens with zero attached hydrogens (tertiary/aromatic N) is 1. The highest BCUT2D eigenvalue weighted by Gasteiger charge is 2.20. The summed E-state index contributed by atoms with van der Waals surface area (Å²) in [7, 11) is -3.10. The predicted molar refractivity (Wildman–Crippen MR) is 57.6 cm³/mol. The average molecular weight is 261 g/mol. The third-order valence-electron chi connectivity index (χ3n) is 2.09. The van der Waals surface area contributed by atoms with Gasteiger partial charge in [0.25, 0.3) is 0 Å². The van der Waals surface area contributed by atoms with Crippen LogP contribution >= 0.6 is 7.82 Å². The molecule has 0 saturated carbocycles. The van der Waals surface area contributed by atoms with E-state index in [9.17, 15) is 14.5 Å². The molecule has 0 bridgehead atoms. The number of aldehydes is 1. The molecule has 0 aliphatic carbocycles. The van der Waals surface area contributed by atoms with Crippen LogP contribution in [0.5, 0.6) is 5.75 Å². The van der Waals surface area contributed by atoms with Crippen molar-refractivity contribution in [3.05, 3.63) is 23.0 Å². The highest BCUT2D eigenvalue weighted by atomic mass is 31.2. The van der Waals surface area contributed by atoms with E-state index in [2.05, 4.69) is 14.0 Å². The first-order valence-corrected chi connectivity index (χ1v) is 6.06. The van der Waals surface area contributed by atoms with Crippen molar-refractivity contribution < 1.29 is 28.4 Å². The van der Waals surface area contributed by atoms with Gasteiger partial charge in [0.2, 0.25) is 0 Å². The third-order valence-corrected chi connectivity index (χ3v) is 3.01. The molecule has 1 unspecified atom stereocenters. The van der Waals surface area contributed by atoms with E-state index in [1.807, 2.05) is 0 Å². The number of aromatic nitrogens is 1. The lowest BCUT2D eigenvalue weighted by Gasteiger charge is -2.11. The average Bonchev–Trinajstić information content (AvgIpc) is 2.31. The van der Waals surface area contributed by atoms with Crippen molar-refractivity contribution in [1.29, 1.82) is 0 Å². The summed E-state index contributed by atoms with van der Waals surface area (Å²) in [6.45, 7) is 1.16. The first kappa shape index (κ1) is 13.8. The number of aryl methyl sites for hydroxylation is 1. The number of pyridine rings is 1. The Morgan fingerprint density at radius 2 is 2.24 bits per heavy atom. The van der Waals surface area contributed by atoms with E-state index in [-0.39, 0.29) is 29.2 Å². The van der Waals surface area contributed by atoms with Crippen molar-refractivity contribution >= 4 is 14.1 Å². The monoisotopic (exact) mass is 261 g/mol. The molecule has 0 fully saturated rings. The van der Waals surface area contributed by atoms with Crippen molar-refractivity contribution in [2.75, 3.05) is 7.11 Å². The largest absolute Gasteiger partial charge is 0.505 e. The van der Waals surface area contributed by atoms with E-state index in [1.165, 1.54) is 13.1 Å². The maximum absolute atomic E-state index is 11.0. The molecule has 1 aromatic rings. The lowest BCUT2D eigenvalue weighted by Crippen LogP contribution is -2.00. The van der Waals surface area contributed by atoms with Gasteiger partial charge in [-0.3, -0.25) is 18.8 Å². The number of rotatable bonds is 5. The van der Waals surface area contributed by atoms with Gasteiger partial charge in [-0.2, -0.15) is 0 Å². The number of aromatic hydroxyl groups is 1. The molecule has 0 aromatic carbocycles. The second-order valence-electron chi connectivity index (χ2n) is 3.17. The Hall–Kier alpha value is -1.27. The molecule has 0 saturated heterocycles. The molecule has 17 heavy (non-hydrogen) atoms. The second-order valence-corrected chi connectivity index (χ2v) is 4.73. The fourth-order valence-corrected chi connectivity index (χ4v) is 1.51. The van der Waals surface area contributed by atoms with Crippen LogP contribution < -0.4 is 0 Å². The summed E-state index contributed by atoms with van der Waals surface area (Å²) < 4.78 is 19.8. The van der Waals surface area contributed by atoms with Crippen molar-refractivity contribution in [1.82, 2.24) is 4.98 Å². The van der Waals surface area contributed by atoms with Crippen LogP contribution in [0.2, 0.25) is 0 Å². The molecule has 8 heteroatoms. The number of carbonyl (C=O) groups excluding carboxylic acids is 1. The van der Waals surface area contributed by atoms with Crippen molar-refractivity contribution in [2.24, 2.45) is 0 Å². The fraction of sp³-hybridized carbons (Fsp3) is 0.333. The SMILES string of the molecule is COP(=O)(O)OCc1cnc(C)c(O)c1C=O. The maximum atomic E-state index is 11.0. The fourth-order valence-electron chi connectivity index (χ4n) is 1.10. The van der Waals surface area contributed by atoms with E-state index in [0.717, 1.165) is 7.11 Å². The molecule has 0 spiro atoms. The Morgan fingerprint density at radius 1 is 1.59 bits per heavy atom. The van der Waals surface area contributed by atoms with Crippen LogP contribution in [-0.4, -0.2) is 28.4 Å². The van der Waals surface area contributed by atoms with E-state index < -0.39 is 7.82 Å². The number of hydrogen-bond acceptors (Lipinski definition) is 6. The number of phosphoric acid groups is 1. The summed E-state index contributed by atoms with van der Waals surface area (Å²) in [6.07, 6.45) is 1.71. The van der Waals surface area contributed by atoms with Gasteiger partial charge in [-0.05, 0) is 6.92 Å². The predicted octanol–water partition coefficient (Wildman–Crippen LogP) is 1.17. The van der Waals surface area contributed by atoms with Crippen LogP contribution in [0.4, 0.5) is 0 Å². The molecule has 1 rings (SSSR count). The van der Waals surface area contributed by atoms with Crippen LogP contribution in [0.1, 0.15) is 21.6 Å². The Kier molecular flexibility index (Phi) is 4.36. The lowest BCUT2D eigenvalue weighted by atomic mass is 10.1. The zero-order valence-electron chi connectivity index (χ0n) is 9.28. The molecule has 0 aliphatic heterocycles. The molecule has 1 heterocycles. The Bertz CT molecular complexity index is 475. The van der Waals surface area contributed by atoms with Crippen molar-refractivity contribution in [3.63, 3.8) is 0 Å². The van der Waals surface area contributed by atoms with Gasteiger partial charge in [-0.15, -0.1) is 0 Å². The molecule has 0 amide bonds. The van der Waals surface area contributed by atoms with Gasteiger partial charge in [-0.25, -0.2) is 4.57 Å². The van der Waals surface area contributed by atoms with Gasteiger partial charge < -0.3 is 10.00 Å². The summed E-state index contributed by atoms with van der Waals surface area (Å²) in [5.41, 5.74) is 0.470. The first-order chi connectivity index (χ1) is 7.91. The standard InChI is InChI=1S/C9H12NO6P/c1-6-9(12)8(4-11)7(3-10-6)5-16-17(13,14)15-2/h3-4,12H,5H2,1-2H3,(H,13,14). The molecule has 1 atom stereocenters. The lowest BCUT2D eigenvalue weighted by molar-refractivity contribution is 0.111. The van der Waals surface area contributed by atoms with Gasteiger partial charge in [0.05, 0.1) is 17.9 Å². The highest BCUT2D eigenvalue weighted by Crippen LogP contribution is 2.43. The minimum Gasteiger partial charge on any atom is -0.505 e. The number of phosphoric ester groups is 1. The minimum absolute atomic E-state index is 0.0198. The molecular weight excluding hydrogens is 249 g/mol. The Labute approximate surface area is 97.6 Å². The topological polar surface area (TPSA) is 106 Å². The molecular formula is C9H12NO6P. The van der Waals surface area contributed by atoms with Crippen LogP contribution in [-0.2, 0) is 20.2 Å². The Morgan fingerprint density at radius 3 is 2.76 bits per heavy atom. The van der Waals surface area contributed by atoms with Gasteiger partial charge in [0.15, 0.2) is 6.29 Å². The van der Waals surface area contributed by atoms with E-state index in [1.54, 1.807) is 0 Å². The van der Waals surface area contributed by atoms with Crippen LogP contribution in [0.3, 0.4) is 0 Å². The van der Waals surface area contributed by atoms with Crippen molar-refractivity contribution in [2.45, 2.75) is 13.5 Å². The quantitative estimate of drug-likeness (QED) is 0.605. The normalized spacial score (nSPS) is 14.3. The summed E-state index contributed by atoms with van der Waals surface area (Å²) in [6, 6.07) is 0. The second kappa shape index (κ2) is 5.37. The maximum Gasteiger partial charge on any atom is 0.472 e. The minimum atomic E-state index is -4.12. The molecule has 0 radical (unpaired) electrons. The van der Waals surface area contributed by atoms with Crippen LogP contribution in [0.15, 0.2) is 6.20 Å². The number of carbonyl (C=O) groups is 1. The molecule has 7 nitrogen and oxygen atoms in total. The zero-order chi connectivity index (χ0) is 13.1. The summed E-state index contributed by atoms with van der Waals surface area (Å²) in [5.74, 6) is -0.272. The van der Waals surface area contributed by atoms with E-state index >= 15 is 0 Å². The van der Waals surface area contributed by atoms with E-state index in [4.69, 9.17) is 4.89 Å². The first-order valence-electron chi connectivity index (χ1n) is 4.57. The van der Waals surface area contributed by atoms with Gasteiger partial charge in [-0.1, -0.05) is 0 Å². The van der Waals surface area contributed by atoms with Crippen LogP contribution in [0, 0.1) is 6.92 Å². The Balaban J connectivity index is 2.96. The summed E-state index contributed by atoms with van der Waals surface area (Å²) in [4.78, 5) is 23.6.